The van der Waals surface area contributed by atoms with Crippen molar-refractivity contribution in [1.29, 1.82) is 0 Å². The summed E-state index contributed by atoms with van der Waals surface area (Å²) in [5, 5.41) is 4.91. The van der Waals surface area contributed by atoms with Gasteiger partial charge >= 0.3 is 0 Å². The van der Waals surface area contributed by atoms with Crippen molar-refractivity contribution in [2.75, 3.05) is 6.54 Å². The minimum absolute atomic E-state index is 0.257. The van der Waals surface area contributed by atoms with Crippen LogP contribution in [0.4, 0.5) is 0 Å². The summed E-state index contributed by atoms with van der Waals surface area (Å²) in [6, 6.07) is 6.60. The Morgan fingerprint density at radius 2 is 1.96 bits per heavy atom. The molecule has 0 fully saturated rings. The first-order chi connectivity index (χ1) is 11.6. The van der Waals surface area contributed by atoms with E-state index in [1.54, 1.807) is 0 Å². The van der Waals surface area contributed by atoms with E-state index >= 15 is 0 Å². The molecule has 24 heavy (non-hydrogen) atoms. The molecule has 0 bridgehead atoms. The maximum absolute atomic E-state index is 6.05. The molecule has 2 rings (SSSR count). The van der Waals surface area contributed by atoms with E-state index < -0.39 is 0 Å². The molecule has 1 aromatic heterocycles. The van der Waals surface area contributed by atoms with Crippen LogP contribution in [0.2, 0.25) is 0 Å². The number of benzene rings is 1. The second-order valence-electron chi connectivity index (χ2n) is 6.76. The molecule has 0 saturated heterocycles. The van der Waals surface area contributed by atoms with Gasteiger partial charge in [0.05, 0.1) is 6.10 Å². The molecule has 0 amide bonds. The Labute approximate surface area is 147 Å². The van der Waals surface area contributed by atoms with E-state index in [2.05, 4.69) is 62.7 Å². The van der Waals surface area contributed by atoms with Crippen molar-refractivity contribution in [2.45, 2.75) is 79.5 Å². The molecule has 0 saturated carbocycles. The number of rotatable bonds is 10. The third-order valence-electron chi connectivity index (χ3n) is 4.80. The summed E-state index contributed by atoms with van der Waals surface area (Å²) < 4.78 is 8.53. The Kier molecular flexibility index (Phi) is 7.16. The summed E-state index contributed by atoms with van der Waals surface area (Å²) in [5.74, 6) is 0.987. The van der Waals surface area contributed by atoms with Crippen LogP contribution >= 0.6 is 0 Å². The molecule has 2 aromatic rings. The average Bonchev–Trinajstić information content (AvgIpc) is 2.84. The quantitative estimate of drug-likeness (QED) is 0.588. The number of nitrogens with zero attached hydrogens (tertiary/aromatic N) is 1. The van der Waals surface area contributed by atoms with Gasteiger partial charge in [-0.25, -0.2) is 0 Å². The number of aryl methyl sites for hydroxylation is 1. The molecule has 1 atom stereocenters. The molecule has 134 valence electrons. The highest BCUT2D eigenvalue weighted by Crippen LogP contribution is 2.30. The SMILES string of the molecule is CCCCn1c(C)c(CNCCC)c2cc(O[C@H](C)CC)ccc21. The van der Waals surface area contributed by atoms with Crippen LogP contribution < -0.4 is 10.1 Å². The van der Waals surface area contributed by atoms with E-state index in [9.17, 15) is 0 Å². The van der Waals surface area contributed by atoms with Crippen LogP contribution in [0.1, 0.15) is 64.6 Å². The van der Waals surface area contributed by atoms with Gasteiger partial charge in [0.1, 0.15) is 5.75 Å². The minimum atomic E-state index is 0.257. The van der Waals surface area contributed by atoms with Crippen LogP contribution in [-0.4, -0.2) is 17.2 Å². The van der Waals surface area contributed by atoms with Crippen LogP contribution in [0.3, 0.4) is 0 Å². The minimum Gasteiger partial charge on any atom is -0.491 e. The Bertz CT molecular complexity index is 645. The number of hydrogen-bond donors (Lipinski definition) is 1. The lowest BCUT2D eigenvalue weighted by Gasteiger charge is -2.13. The number of unbranched alkanes of at least 4 members (excludes halogenated alkanes) is 1. The summed E-state index contributed by atoms with van der Waals surface area (Å²) in [7, 11) is 0. The number of hydrogen-bond acceptors (Lipinski definition) is 2. The van der Waals surface area contributed by atoms with Gasteiger partial charge in [0.2, 0.25) is 0 Å². The summed E-state index contributed by atoms with van der Waals surface area (Å²) in [4.78, 5) is 0. The third kappa shape index (κ3) is 4.32. The van der Waals surface area contributed by atoms with E-state index in [0.29, 0.717) is 0 Å². The highest BCUT2D eigenvalue weighted by Gasteiger charge is 2.15. The zero-order valence-electron chi connectivity index (χ0n) is 16.1. The molecular weight excluding hydrogens is 296 g/mol. The van der Waals surface area contributed by atoms with Crippen molar-refractivity contribution < 1.29 is 4.74 Å². The highest BCUT2D eigenvalue weighted by molar-refractivity contribution is 5.87. The molecule has 0 aliphatic rings. The number of nitrogens with one attached hydrogen (secondary N) is 1. The maximum atomic E-state index is 6.05. The summed E-state index contributed by atoms with van der Waals surface area (Å²) >= 11 is 0. The number of ether oxygens (including phenoxy) is 1. The fourth-order valence-corrected chi connectivity index (χ4v) is 3.14. The summed E-state index contributed by atoms with van der Waals surface area (Å²) in [5.41, 5.74) is 4.15. The molecule has 1 aromatic carbocycles. The topological polar surface area (TPSA) is 26.2 Å². The molecule has 1 heterocycles. The average molecular weight is 331 g/mol. The smallest absolute Gasteiger partial charge is 0.120 e. The van der Waals surface area contributed by atoms with Gasteiger partial charge in [0.15, 0.2) is 0 Å². The standard InChI is InChI=1S/C21H34N2O/c1-6-9-13-23-17(5)20(15-22-12-7-2)19-14-18(10-11-21(19)23)24-16(4)8-3/h10-11,14,16,22H,6-9,12-13,15H2,1-5H3/t16-/m1/s1. The van der Waals surface area contributed by atoms with Gasteiger partial charge in [-0.2, -0.15) is 0 Å². The third-order valence-corrected chi connectivity index (χ3v) is 4.80. The predicted octanol–water partition coefficient (Wildman–Crippen LogP) is 5.43. The zero-order chi connectivity index (χ0) is 17.5. The molecule has 3 heteroatoms. The van der Waals surface area contributed by atoms with Gasteiger partial charge < -0.3 is 14.6 Å². The predicted molar refractivity (Wildman–Crippen MR) is 104 cm³/mol. The normalized spacial score (nSPS) is 12.7. The summed E-state index contributed by atoms with van der Waals surface area (Å²) in [6.07, 6.45) is 4.89. The first kappa shape index (κ1) is 18.9. The van der Waals surface area contributed by atoms with Gasteiger partial charge in [-0.3, -0.25) is 0 Å². The van der Waals surface area contributed by atoms with Gasteiger partial charge in [0, 0.05) is 29.7 Å². The van der Waals surface area contributed by atoms with Gasteiger partial charge in [-0.1, -0.05) is 27.2 Å². The second kappa shape index (κ2) is 9.12. The monoisotopic (exact) mass is 330 g/mol. The molecule has 0 spiro atoms. The van der Waals surface area contributed by atoms with Crippen LogP contribution in [0.5, 0.6) is 5.75 Å². The Balaban J connectivity index is 2.40. The fraction of sp³-hybridized carbons (Fsp3) is 0.619. The molecule has 3 nitrogen and oxygen atoms in total. The van der Waals surface area contributed by atoms with Gasteiger partial charge in [-0.05, 0) is 63.4 Å². The number of aromatic nitrogens is 1. The van der Waals surface area contributed by atoms with Crippen molar-refractivity contribution >= 4 is 10.9 Å². The Hall–Kier alpha value is -1.48. The lowest BCUT2D eigenvalue weighted by molar-refractivity contribution is 0.217. The molecular formula is C21H34N2O. The zero-order valence-corrected chi connectivity index (χ0v) is 16.1. The Morgan fingerprint density at radius 1 is 1.17 bits per heavy atom. The summed E-state index contributed by atoms with van der Waals surface area (Å²) in [6.45, 7) is 14.1. The lowest BCUT2D eigenvalue weighted by atomic mass is 10.1. The van der Waals surface area contributed by atoms with Gasteiger partial charge in [0.25, 0.3) is 0 Å². The molecule has 1 N–H and O–H groups in total. The second-order valence-corrected chi connectivity index (χ2v) is 6.76. The van der Waals surface area contributed by atoms with Crippen molar-refractivity contribution in [1.82, 2.24) is 9.88 Å². The maximum Gasteiger partial charge on any atom is 0.120 e. The number of fused-ring (bicyclic) bond motifs is 1. The molecule has 0 aliphatic heterocycles. The fourth-order valence-electron chi connectivity index (χ4n) is 3.14. The van der Waals surface area contributed by atoms with Crippen LogP contribution in [-0.2, 0) is 13.1 Å². The largest absolute Gasteiger partial charge is 0.491 e. The lowest BCUT2D eigenvalue weighted by Crippen LogP contribution is -2.14. The van der Waals surface area contributed by atoms with Crippen molar-refractivity contribution in [2.24, 2.45) is 0 Å². The van der Waals surface area contributed by atoms with Crippen LogP contribution in [0.15, 0.2) is 18.2 Å². The molecule has 0 unspecified atom stereocenters. The molecule has 0 aliphatic carbocycles. The van der Waals surface area contributed by atoms with Crippen molar-refractivity contribution in [3.63, 3.8) is 0 Å². The highest BCUT2D eigenvalue weighted by atomic mass is 16.5. The van der Waals surface area contributed by atoms with E-state index in [1.165, 1.54) is 35.0 Å². The van der Waals surface area contributed by atoms with E-state index in [-0.39, 0.29) is 6.10 Å². The van der Waals surface area contributed by atoms with Crippen LogP contribution in [0, 0.1) is 6.92 Å². The van der Waals surface area contributed by atoms with Crippen LogP contribution in [0.25, 0.3) is 10.9 Å². The van der Waals surface area contributed by atoms with Gasteiger partial charge in [-0.15, -0.1) is 0 Å². The Morgan fingerprint density at radius 3 is 2.62 bits per heavy atom. The molecule has 0 radical (unpaired) electrons. The first-order valence-electron chi connectivity index (χ1n) is 9.61. The van der Waals surface area contributed by atoms with E-state index in [1.807, 2.05) is 0 Å². The van der Waals surface area contributed by atoms with E-state index in [0.717, 1.165) is 38.2 Å². The first-order valence-corrected chi connectivity index (χ1v) is 9.61. The van der Waals surface area contributed by atoms with Crippen molar-refractivity contribution in [3.8, 4) is 5.75 Å². The van der Waals surface area contributed by atoms with E-state index in [4.69, 9.17) is 4.74 Å². The van der Waals surface area contributed by atoms with Crippen molar-refractivity contribution in [3.05, 3.63) is 29.5 Å².